The molecule has 7 heteroatoms. The van der Waals surface area contributed by atoms with Crippen LogP contribution < -0.4 is 5.32 Å². The lowest BCUT2D eigenvalue weighted by Crippen LogP contribution is -2.01. The molecular formula is C13H9BrClFN2O2. The summed E-state index contributed by atoms with van der Waals surface area (Å²) in [5, 5.41) is 14.0. The lowest BCUT2D eigenvalue weighted by atomic mass is 10.2. The molecule has 0 aliphatic heterocycles. The fourth-order valence-electron chi connectivity index (χ4n) is 1.62. The van der Waals surface area contributed by atoms with Crippen molar-refractivity contribution in [3.63, 3.8) is 0 Å². The summed E-state index contributed by atoms with van der Waals surface area (Å²) in [4.78, 5) is 10.1. The van der Waals surface area contributed by atoms with Gasteiger partial charge in [0.05, 0.1) is 9.95 Å². The van der Waals surface area contributed by atoms with Crippen LogP contribution in [-0.2, 0) is 6.54 Å². The van der Waals surface area contributed by atoms with Gasteiger partial charge in [0, 0.05) is 28.8 Å². The summed E-state index contributed by atoms with van der Waals surface area (Å²) in [6, 6.07) is 8.56. The number of rotatable bonds is 4. The molecule has 0 amide bonds. The van der Waals surface area contributed by atoms with Gasteiger partial charge in [-0.1, -0.05) is 11.6 Å². The molecule has 1 N–H and O–H groups in total. The van der Waals surface area contributed by atoms with Gasteiger partial charge in [-0.2, -0.15) is 0 Å². The Morgan fingerprint density at radius 2 is 2.05 bits per heavy atom. The third-order valence-corrected chi connectivity index (χ3v) is 3.66. The van der Waals surface area contributed by atoms with Crippen LogP contribution in [0.5, 0.6) is 0 Å². The molecular weight excluding hydrogens is 351 g/mol. The van der Waals surface area contributed by atoms with Gasteiger partial charge in [0.1, 0.15) is 5.82 Å². The van der Waals surface area contributed by atoms with Crippen molar-refractivity contribution in [2.24, 2.45) is 0 Å². The van der Waals surface area contributed by atoms with E-state index < -0.39 is 4.92 Å². The standard InChI is InChI=1S/C13H9BrClFN2O2/c14-11-5-9(16)2-4-13(11)17-7-8-1-3-10(18(19)20)6-12(8)15/h1-6,17H,7H2. The molecule has 2 aromatic carbocycles. The molecule has 0 aliphatic carbocycles. The molecule has 0 aromatic heterocycles. The molecule has 0 fully saturated rings. The highest BCUT2D eigenvalue weighted by atomic mass is 79.9. The van der Waals surface area contributed by atoms with Crippen molar-refractivity contribution in [1.82, 2.24) is 0 Å². The molecule has 2 aromatic rings. The van der Waals surface area contributed by atoms with Crippen LogP contribution in [0.3, 0.4) is 0 Å². The van der Waals surface area contributed by atoms with Crippen molar-refractivity contribution in [3.8, 4) is 0 Å². The summed E-state index contributed by atoms with van der Waals surface area (Å²) in [6.45, 7) is 0.376. The van der Waals surface area contributed by atoms with Crippen molar-refractivity contribution >= 4 is 38.9 Å². The topological polar surface area (TPSA) is 55.2 Å². The number of nitrogens with one attached hydrogen (secondary N) is 1. The Balaban J connectivity index is 2.13. The molecule has 4 nitrogen and oxygen atoms in total. The first-order valence-electron chi connectivity index (χ1n) is 5.59. The number of nitro benzene ring substituents is 1. The predicted octanol–water partition coefficient (Wildman–Crippen LogP) is 4.76. The highest BCUT2D eigenvalue weighted by Crippen LogP contribution is 2.26. The first kappa shape index (κ1) is 14.7. The number of hydrogen-bond donors (Lipinski definition) is 1. The van der Waals surface area contributed by atoms with Crippen molar-refractivity contribution in [1.29, 1.82) is 0 Å². The quantitative estimate of drug-likeness (QED) is 0.632. The third kappa shape index (κ3) is 3.46. The van der Waals surface area contributed by atoms with E-state index in [0.29, 0.717) is 27.3 Å². The van der Waals surface area contributed by atoms with Crippen LogP contribution in [0.15, 0.2) is 40.9 Å². The first-order chi connectivity index (χ1) is 9.47. The summed E-state index contributed by atoms with van der Waals surface area (Å²) in [7, 11) is 0. The zero-order valence-electron chi connectivity index (χ0n) is 10.1. The zero-order chi connectivity index (χ0) is 14.7. The van der Waals surface area contributed by atoms with E-state index in [1.807, 2.05) is 0 Å². The van der Waals surface area contributed by atoms with Gasteiger partial charge in [-0.3, -0.25) is 10.1 Å². The lowest BCUT2D eigenvalue weighted by Gasteiger charge is -2.10. The SMILES string of the molecule is O=[N+]([O-])c1ccc(CNc2ccc(F)cc2Br)c(Cl)c1. The highest BCUT2D eigenvalue weighted by Gasteiger charge is 2.09. The third-order valence-electron chi connectivity index (χ3n) is 2.65. The Morgan fingerprint density at radius 1 is 1.30 bits per heavy atom. The summed E-state index contributed by atoms with van der Waals surface area (Å²) < 4.78 is 13.5. The average molecular weight is 360 g/mol. The van der Waals surface area contributed by atoms with Crippen molar-refractivity contribution in [2.75, 3.05) is 5.32 Å². The first-order valence-corrected chi connectivity index (χ1v) is 6.76. The van der Waals surface area contributed by atoms with Crippen molar-refractivity contribution in [3.05, 3.63) is 67.4 Å². The second-order valence-electron chi connectivity index (χ2n) is 4.01. The van der Waals surface area contributed by atoms with Gasteiger partial charge in [-0.05, 0) is 45.8 Å². The van der Waals surface area contributed by atoms with Gasteiger partial charge in [0.2, 0.25) is 0 Å². The van der Waals surface area contributed by atoms with Gasteiger partial charge in [0.15, 0.2) is 0 Å². The number of non-ortho nitro benzene ring substituents is 1. The van der Waals surface area contributed by atoms with Crippen molar-refractivity contribution in [2.45, 2.75) is 6.54 Å². The molecule has 0 bridgehead atoms. The maximum absolute atomic E-state index is 13.0. The van der Waals surface area contributed by atoms with Crippen LogP contribution in [0.1, 0.15) is 5.56 Å². The maximum atomic E-state index is 13.0. The summed E-state index contributed by atoms with van der Waals surface area (Å²) in [6.07, 6.45) is 0. The molecule has 0 atom stereocenters. The minimum atomic E-state index is -0.500. The van der Waals surface area contributed by atoms with Gasteiger partial charge in [-0.25, -0.2) is 4.39 Å². The number of halogens is 3. The Morgan fingerprint density at radius 3 is 2.65 bits per heavy atom. The summed E-state index contributed by atoms with van der Waals surface area (Å²) >= 11 is 9.23. The second-order valence-corrected chi connectivity index (χ2v) is 5.27. The molecule has 0 saturated carbocycles. The van der Waals surface area contributed by atoms with Crippen LogP contribution in [-0.4, -0.2) is 4.92 Å². The summed E-state index contributed by atoms with van der Waals surface area (Å²) in [5.74, 6) is -0.337. The average Bonchev–Trinajstić information content (AvgIpc) is 2.38. The van der Waals surface area contributed by atoms with E-state index in [-0.39, 0.29) is 11.5 Å². The van der Waals surface area contributed by atoms with Crippen LogP contribution >= 0.6 is 27.5 Å². The van der Waals surface area contributed by atoms with Crippen LogP contribution in [0.4, 0.5) is 15.8 Å². The molecule has 0 spiro atoms. The van der Waals surface area contributed by atoms with E-state index in [1.165, 1.54) is 24.3 Å². The number of nitrogens with zero attached hydrogens (tertiary/aromatic N) is 1. The molecule has 20 heavy (non-hydrogen) atoms. The normalized spacial score (nSPS) is 10.3. The zero-order valence-corrected chi connectivity index (χ0v) is 12.4. The van der Waals surface area contributed by atoms with Crippen molar-refractivity contribution < 1.29 is 9.31 Å². The van der Waals surface area contributed by atoms with Gasteiger partial charge < -0.3 is 5.32 Å². The van der Waals surface area contributed by atoms with Crippen LogP contribution in [0.2, 0.25) is 5.02 Å². The van der Waals surface area contributed by atoms with E-state index >= 15 is 0 Å². The smallest absolute Gasteiger partial charge is 0.270 e. The highest BCUT2D eigenvalue weighted by molar-refractivity contribution is 9.10. The number of anilines is 1. The maximum Gasteiger partial charge on any atom is 0.270 e. The molecule has 0 aliphatic rings. The van der Waals surface area contributed by atoms with E-state index in [9.17, 15) is 14.5 Å². The Labute approximate surface area is 127 Å². The lowest BCUT2D eigenvalue weighted by molar-refractivity contribution is -0.384. The number of benzene rings is 2. The largest absolute Gasteiger partial charge is 0.380 e. The molecule has 0 radical (unpaired) electrons. The molecule has 104 valence electrons. The Kier molecular flexibility index (Phi) is 4.57. The fourth-order valence-corrected chi connectivity index (χ4v) is 2.35. The van der Waals surface area contributed by atoms with Gasteiger partial charge in [0.25, 0.3) is 5.69 Å². The number of nitro groups is 1. The van der Waals surface area contributed by atoms with E-state index in [2.05, 4.69) is 21.2 Å². The molecule has 0 heterocycles. The number of hydrogen-bond acceptors (Lipinski definition) is 3. The Hall–Kier alpha value is -1.66. The van der Waals surface area contributed by atoms with Gasteiger partial charge in [-0.15, -0.1) is 0 Å². The molecule has 0 saturated heterocycles. The van der Waals surface area contributed by atoms with Crippen LogP contribution in [0.25, 0.3) is 0 Å². The second kappa shape index (κ2) is 6.19. The Bertz CT molecular complexity index is 667. The summed E-state index contributed by atoms with van der Waals surface area (Å²) in [5.41, 5.74) is 1.37. The molecule has 2 rings (SSSR count). The van der Waals surface area contributed by atoms with Crippen LogP contribution in [0, 0.1) is 15.9 Å². The predicted molar refractivity (Wildman–Crippen MR) is 79.5 cm³/mol. The minimum absolute atomic E-state index is 0.0540. The minimum Gasteiger partial charge on any atom is -0.380 e. The van der Waals surface area contributed by atoms with E-state index in [1.54, 1.807) is 12.1 Å². The monoisotopic (exact) mass is 358 g/mol. The molecule has 0 unspecified atom stereocenters. The van der Waals surface area contributed by atoms with E-state index in [4.69, 9.17) is 11.6 Å². The van der Waals surface area contributed by atoms with E-state index in [0.717, 1.165) is 0 Å². The fraction of sp³-hybridized carbons (Fsp3) is 0.0769. The van der Waals surface area contributed by atoms with Gasteiger partial charge >= 0.3 is 0 Å².